The summed E-state index contributed by atoms with van der Waals surface area (Å²) in [7, 11) is 1.64. The van der Waals surface area contributed by atoms with Gasteiger partial charge in [0.1, 0.15) is 5.41 Å². The number of hydrogen-bond donors (Lipinski definition) is 1. The third-order valence-electron chi connectivity index (χ3n) is 5.34. The Morgan fingerprint density at radius 2 is 1.92 bits per heavy atom. The minimum atomic E-state index is -0.807. The van der Waals surface area contributed by atoms with E-state index in [4.69, 9.17) is 4.74 Å². The number of anilines is 1. The van der Waals surface area contributed by atoms with Crippen LogP contribution in [0.3, 0.4) is 0 Å². The highest BCUT2D eigenvalue weighted by Gasteiger charge is 2.58. The van der Waals surface area contributed by atoms with E-state index in [0.717, 1.165) is 19.5 Å². The third kappa shape index (κ3) is 4.01. The molecule has 1 aliphatic carbocycles. The van der Waals surface area contributed by atoms with E-state index in [-0.39, 0.29) is 11.8 Å². The van der Waals surface area contributed by atoms with Crippen molar-refractivity contribution in [3.63, 3.8) is 0 Å². The number of hydrogen-bond acceptors (Lipinski definition) is 4. The molecule has 1 saturated heterocycles. The highest BCUT2D eigenvalue weighted by molar-refractivity contribution is 6.07. The second-order valence-corrected chi connectivity index (χ2v) is 7.30. The summed E-state index contributed by atoms with van der Waals surface area (Å²) in [6.45, 7) is 6.22. The first-order valence-electron chi connectivity index (χ1n) is 9.45. The summed E-state index contributed by atoms with van der Waals surface area (Å²) < 4.78 is 4.99. The minimum Gasteiger partial charge on any atom is -0.385 e. The SMILES string of the molecule is COCCCNC(=O)C1(C(=O)N2CCN(c3cccc(C)c3)CC2)CC1. The molecule has 0 spiro atoms. The van der Waals surface area contributed by atoms with Crippen molar-refractivity contribution in [2.45, 2.75) is 26.2 Å². The van der Waals surface area contributed by atoms with Crippen molar-refractivity contribution in [3.05, 3.63) is 29.8 Å². The van der Waals surface area contributed by atoms with Gasteiger partial charge in [-0.05, 0) is 43.9 Å². The van der Waals surface area contributed by atoms with Crippen LogP contribution in [0.5, 0.6) is 0 Å². The molecule has 1 aromatic rings. The van der Waals surface area contributed by atoms with Crippen molar-refractivity contribution in [2.24, 2.45) is 5.41 Å². The van der Waals surface area contributed by atoms with Crippen molar-refractivity contribution < 1.29 is 14.3 Å². The molecule has 0 bridgehead atoms. The van der Waals surface area contributed by atoms with Crippen LogP contribution in [0.1, 0.15) is 24.8 Å². The van der Waals surface area contributed by atoms with E-state index in [9.17, 15) is 9.59 Å². The Kier molecular flexibility index (Phi) is 5.81. The third-order valence-corrected chi connectivity index (χ3v) is 5.34. The van der Waals surface area contributed by atoms with Gasteiger partial charge in [0, 0.05) is 52.1 Å². The zero-order valence-electron chi connectivity index (χ0n) is 15.8. The van der Waals surface area contributed by atoms with Gasteiger partial charge in [-0.25, -0.2) is 0 Å². The van der Waals surface area contributed by atoms with Crippen LogP contribution in [-0.2, 0) is 14.3 Å². The van der Waals surface area contributed by atoms with Crippen LogP contribution in [0, 0.1) is 12.3 Å². The molecule has 0 unspecified atom stereocenters. The molecule has 142 valence electrons. The first kappa shape index (κ1) is 18.7. The first-order chi connectivity index (χ1) is 12.6. The molecule has 1 aliphatic heterocycles. The van der Waals surface area contributed by atoms with E-state index in [1.54, 1.807) is 7.11 Å². The summed E-state index contributed by atoms with van der Waals surface area (Å²) in [5.41, 5.74) is 1.63. The Hall–Kier alpha value is -2.08. The number of rotatable bonds is 7. The molecular formula is C20H29N3O3. The molecule has 1 N–H and O–H groups in total. The summed E-state index contributed by atoms with van der Waals surface area (Å²) in [5, 5.41) is 2.90. The second kappa shape index (κ2) is 8.08. The number of carbonyl (C=O) groups is 2. The van der Waals surface area contributed by atoms with Crippen molar-refractivity contribution >= 4 is 17.5 Å². The number of piperazine rings is 1. The smallest absolute Gasteiger partial charge is 0.238 e. The molecule has 2 fully saturated rings. The fourth-order valence-corrected chi connectivity index (χ4v) is 3.55. The maximum absolute atomic E-state index is 12.9. The Bertz CT molecular complexity index is 649. The largest absolute Gasteiger partial charge is 0.385 e. The topological polar surface area (TPSA) is 61.9 Å². The van der Waals surface area contributed by atoms with Gasteiger partial charge >= 0.3 is 0 Å². The highest BCUT2D eigenvalue weighted by Crippen LogP contribution is 2.47. The van der Waals surface area contributed by atoms with Crippen LogP contribution in [-0.4, -0.2) is 63.2 Å². The van der Waals surface area contributed by atoms with Gasteiger partial charge in [0.05, 0.1) is 0 Å². The van der Waals surface area contributed by atoms with E-state index in [2.05, 4.69) is 41.4 Å². The molecule has 2 amide bonds. The molecule has 0 radical (unpaired) electrons. The lowest BCUT2D eigenvalue weighted by Gasteiger charge is -2.37. The minimum absolute atomic E-state index is 0.00522. The zero-order valence-corrected chi connectivity index (χ0v) is 15.8. The average molecular weight is 359 g/mol. The van der Waals surface area contributed by atoms with Crippen LogP contribution in [0.25, 0.3) is 0 Å². The number of ether oxygens (including phenoxy) is 1. The highest BCUT2D eigenvalue weighted by atomic mass is 16.5. The van der Waals surface area contributed by atoms with Gasteiger partial charge in [-0.3, -0.25) is 9.59 Å². The summed E-state index contributed by atoms with van der Waals surface area (Å²) in [6, 6.07) is 8.44. The summed E-state index contributed by atoms with van der Waals surface area (Å²) in [5.74, 6) is -0.106. The lowest BCUT2D eigenvalue weighted by atomic mass is 10.0. The fourth-order valence-electron chi connectivity index (χ4n) is 3.55. The predicted octanol–water partition coefficient (Wildman–Crippen LogP) is 1.58. The zero-order chi connectivity index (χ0) is 18.6. The lowest BCUT2D eigenvalue weighted by molar-refractivity contribution is -0.144. The van der Waals surface area contributed by atoms with E-state index >= 15 is 0 Å². The van der Waals surface area contributed by atoms with Crippen molar-refractivity contribution in [1.29, 1.82) is 0 Å². The summed E-state index contributed by atoms with van der Waals surface area (Å²) >= 11 is 0. The van der Waals surface area contributed by atoms with Crippen molar-refractivity contribution in [1.82, 2.24) is 10.2 Å². The molecule has 0 atom stereocenters. The second-order valence-electron chi connectivity index (χ2n) is 7.30. The van der Waals surface area contributed by atoms with Gasteiger partial charge in [-0.1, -0.05) is 12.1 Å². The van der Waals surface area contributed by atoms with Gasteiger partial charge in [0.25, 0.3) is 0 Å². The lowest BCUT2D eigenvalue weighted by Crippen LogP contribution is -2.53. The number of carbonyl (C=O) groups excluding carboxylic acids is 2. The van der Waals surface area contributed by atoms with Crippen LogP contribution >= 0.6 is 0 Å². The van der Waals surface area contributed by atoms with E-state index < -0.39 is 5.41 Å². The fraction of sp³-hybridized carbons (Fsp3) is 0.600. The summed E-state index contributed by atoms with van der Waals surface area (Å²) in [6.07, 6.45) is 2.10. The van der Waals surface area contributed by atoms with Gasteiger partial charge < -0.3 is 19.9 Å². The Morgan fingerprint density at radius 3 is 2.54 bits per heavy atom. The predicted molar refractivity (Wildman–Crippen MR) is 101 cm³/mol. The molecule has 26 heavy (non-hydrogen) atoms. The van der Waals surface area contributed by atoms with Gasteiger partial charge in [-0.15, -0.1) is 0 Å². The van der Waals surface area contributed by atoms with Gasteiger partial charge in [0.2, 0.25) is 11.8 Å². The summed E-state index contributed by atoms with van der Waals surface area (Å²) in [4.78, 5) is 29.6. The van der Waals surface area contributed by atoms with Gasteiger partial charge in [0.15, 0.2) is 0 Å². The Morgan fingerprint density at radius 1 is 1.19 bits per heavy atom. The maximum Gasteiger partial charge on any atom is 0.238 e. The molecule has 1 aromatic carbocycles. The van der Waals surface area contributed by atoms with Gasteiger partial charge in [-0.2, -0.15) is 0 Å². The number of methoxy groups -OCH3 is 1. The molecule has 2 aliphatic rings. The van der Waals surface area contributed by atoms with Crippen LogP contribution in [0.2, 0.25) is 0 Å². The molecule has 1 saturated carbocycles. The van der Waals surface area contributed by atoms with E-state index in [0.29, 0.717) is 39.1 Å². The molecule has 3 rings (SSSR count). The van der Waals surface area contributed by atoms with Crippen molar-refractivity contribution in [3.8, 4) is 0 Å². The normalized spacial score (nSPS) is 18.5. The standard InChI is InChI=1S/C20H29N3O3/c1-16-5-3-6-17(15-16)22-10-12-23(13-11-22)19(25)20(7-8-20)18(24)21-9-4-14-26-2/h3,5-6,15H,4,7-14H2,1-2H3,(H,21,24). The molecule has 0 aromatic heterocycles. The van der Waals surface area contributed by atoms with Crippen molar-refractivity contribution in [2.75, 3.05) is 51.3 Å². The Balaban J connectivity index is 1.52. The van der Waals surface area contributed by atoms with Crippen LogP contribution in [0.4, 0.5) is 5.69 Å². The quantitative estimate of drug-likeness (QED) is 0.593. The molecular weight excluding hydrogens is 330 g/mol. The monoisotopic (exact) mass is 359 g/mol. The number of nitrogens with one attached hydrogen (secondary N) is 1. The molecule has 1 heterocycles. The Labute approximate surface area is 155 Å². The maximum atomic E-state index is 12.9. The number of amides is 2. The average Bonchev–Trinajstić information content (AvgIpc) is 3.47. The molecule has 6 heteroatoms. The molecule has 6 nitrogen and oxygen atoms in total. The number of nitrogens with zero attached hydrogens (tertiary/aromatic N) is 2. The van der Waals surface area contributed by atoms with E-state index in [1.807, 2.05) is 4.90 Å². The number of benzene rings is 1. The van der Waals surface area contributed by atoms with Crippen LogP contribution < -0.4 is 10.2 Å². The van der Waals surface area contributed by atoms with Crippen LogP contribution in [0.15, 0.2) is 24.3 Å². The first-order valence-corrected chi connectivity index (χ1v) is 9.45. The number of aryl methyl sites for hydroxylation is 1. The van der Waals surface area contributed by atoms with E-state index in [1.165, 1.54) is 11.3 Å².